The lowest BCUT2D eigenvalue weighted by Gasteiger charge is -2.26. The number of benzene rings is 2. The summed E-state index contributed by atoms with van der Waals surface area (Å²) in [7, 11) is -6.95. The van der Waals surface area contributed by atoms with Crippen LogP contribution in [-0.4, -0.2) is 72.7 Å². The third kappa shape index (κ3) is 13.7. The van der Waals surface area contributed by atoms with Crippen molar-refractivity contribution in [1.29, 1.82) is 0 Å². The van der Waals surface area contributed by atoms with Gasteiger partial charge in [-0.1, -0.05) is 35.3 Å². The Kier molecular flexibility index (Phi) is 16.5. The fourth-order valence-corrected chi connectivity index (χ4v) is 10.3. The van der Waals surface area contributed by atoms with E-state index < -0.39 is 31.5 Å². The van der Waals surface area contributed by atoms with Crippen molar-refractivity contribution in [2.24, 2.45) is 11.8 Å². The minimum Gasteiger partial charge on any atom is -0.309 e. The molecule has 14 nitrogen and oxygen atoms in total. The van der Waals surface area contributed by atoms with Gasteiger partial charge in [-0.05, 0) is 118 Å². The zero-order chi connectivity index (χ0) is 43.8. The number of Topliss-reactive ketones (excluding diaryl/α,β-unsaturated/α-hetero) is 2. The molecule has 1 unspecified atom stereocenters. The maximum Gasteiger partial charge on any atom is 0.233 e. The predicted molar refractivity (Wildman–Crippen MR) is 234 cm³/mol. The van der Waals surface area contributed by atoms with Gasteiger partial charge in [0.25, 0.3) is 0 Å². The molecule has 2 N–H and O–H groups in total. The van der Waals surface area contributed by atoms with Crippen LogP contribution in [0.5, 0.6) is 0 Å². The van der Waals surface area contributed by atoms with Gasteiger partial charge in [0.05, 0.1) is 56.5 Å². The lowest BCUT2D eigenvalue weighted by Crippen LogP contribution is -2.26. The minimum absolute atomic E-state index is 0.0223. The first-order valence-corrected chi connectivity index (χ1v) is 25.0. The van der Waals surface area contributed by atoms with E-state index in [1.807, 2.05) is 0 Å². The maximum atomic E-state index is 13.1. The first-order chi connectivity index (χ1) is 28.3. The number of rotatable bonds is 12. The van der Waals surface area contributed by atoms with Gasteiger partial charge in [0.15, 0.2) is 31.3 Å². The standard InChI is InChI=1S/2C20H21BrClN3O4S/c2*1-30(28,29)17-7-4-13(9-16(17)22)15(8-12-2-5-14(26)6-3-12)20(27)25-19-11-23-18(21)10-24-19/h2*4,7,9-12,15H,2-3,5-6,8H2,1H3,(H,24,25,27)/t15-;/m1./s1. The Bertz CT molecular complexity index is 2270. The molecule has 2 aromatic heterocycles. The molecule has 320 valence electrons. The summed E-state index contributed by atoms with van der Waals surface area (Å²) in [5, 5.41) is 5.69. The van der Waals surface area contributed by atoms with Crippen LogP contribution in [0.4, 0.5) is 11.6 Å². The number of amides is 2. The van der Waals surface area contributed by atoms with Gasteiger partial charge in [-0.2, -0.15) is 0 Å². The summed E-state index contributed by atoms with van der Waals surface area (Å²) in [6.45, 7) is 0. The fourth-order valence-electron chi connectivity index (χ4n) is 7.18. The number of ketones is 2. The molecule has 0 aliphatic heterocycles. The van der Waals surface area contributed by atoms with Crippen molar-refractivity contribution < 1.29 is 36.0 Å². The summed E-state index contributed by atoms with van der Waals surface area (Å²) in [6, 6.07) is 9.16. The molecule has 20 heteroatoms. The molecule has 0 radical (unpaired) electrons. The van der Waals surface area contributed by atoms with E-state index in [1.54, 1.807) is 12.1 Å². The number of hydrogen-bond acceptors (Lipinski definition) is 12. The predicted octanol–water partition coefficient (Wildman–Crippen LogP) is 8.34. The Hall–Kier alpha value is -3.68. The molecule has 60 heavy (non-hydrogen) atoms. The number of carbonyl (C=O) groups excluding carboxylic acids is 4. The van der Waals surface area contributed by atoms with E-state index in [9.17, 15) is 36.0 Å². The smallest absolute Gasteiger partial charge is 0.233 e. The van der Waals surface area contributed by atoms with E-state index in [-0.39, 0.29) is 55.1 Å². The zero-order valence-corrected chi connectivity index (χ0v) is 38.9. The first-order valence-electron chi connectivity index (χ1n) is 18.9. The van der Waals surface area contributed by atoms with Crippen molar-refractivity contribution in [2.45, 2.75) is 85.8 Å². The van der Waals surface area contributed by atoms with Crippen LogP contribution < -0.4 is 10.6 Å². The van der Waals surface area contributed by atoms with Gasteiger partial charge in [0, 0.05) is 38.2 Å². The Morgan fingerprint density at radius 1 is 0.633 bits per heavy atom. The topological polar surface area (TPSA) is 212 Å². The SMILES string of the molecule is CS(=O)(=O)c1ccc(C(CC2CCC(=O)CC2)C(=O)Nc2cnc(Br)cn2)cc1Cl.CS(=O)(=O)c1ccc([C@@H](CC2CCC(=O)CC2)C(=O)Nc2cnc(Br)cn2)cc1Cl. The van der Waals surface area contributed by atoms with Crippen molar-refractivity contribution in [3.8, 4) is 0 Å². The number of nitrogens with one attached hydrogen (secondary N) is 2. The normalized spacial score (nSPS) is 16.3. The molecule has 6 rings (SSSR count). The molecule has 2 fully saturated rings. The number of nitrogens with zero attached hydrogens (tertiary/aromatic N) is 4. The van der Waals surface area contributed by atoms with Crippen LogP contribution in [0.3, 0.4) is 0 Å². The van der Waals surface area contributed by atoms with Crippen LogP contribution in [-0.2, 0) is 38.9 Å². The van der Waals surface area contributed by atoms with E-state index in [1.165, 1.54) is 49.1 Å². The Morgan fingerprint density at radius 3 is 1.27 bits per heavy atom. The van der Waals surface area contributed by atoms with Crippen LogP contribution in [0.15, 0.2) is 80.2 Å². The molecule has 0 saturated heterocycles. The van der Waals surface area contributed by atoms with E-state index in [0.29, 0.717) is 70.5 Å². The number of hydrogen-bond donors (Lipinski definition) is 2. The molecule has 4 aromatic rings. The van der Waals surface area contributed by atoms with E-state index in [0.717, 1.165) is 38.2 Å². The van der Waals surface area contributed by atoms with Gasteiger partial charge in [-0.25, -0.2) is 36.8 Å². The van der Waals surface area contributed by atoms with Gasteiger partial charge in [0.2, 0.25) is 11.8 Å². The summed E-state index contributed by atoms with van der Waals surface area (Å²) in [6.07, 6.45) is 14.1. The molecule has 2 aromatic carbocycles. The molecular weight excluding hydrogens is 987 g/mol. The highest BCUT2D eigenvalue weighted by atomic mass is 79.9. The minimum atomic E-state index is -3.47. The monoisotopic (exact) mass is 1030 g/mol. The van der Waals surface area contributed by atoms with Gasteiger partial charge >= 0.3 is 0 Å². The molecule has 2 amide bonds. The van der Waals surface area contributed by atoms with Gasteiger partial charge in [-0.3, -0.25) is 19.2 Å². The molecule has 2 aliphatic rings. The largest absolute Gasteiger partial charge is 0.309 e. The quantitative estimate of drug-likeness (QED) is 0.137. The average molecular weight is 1030 g/mol. The Labute approximate surface area is 375 Å². The second-order valence-corrected chi connectivity index (χ2v) is 21.3. The van der Waals surface area contributed by atoms with E-state index in [2.05, 4.69) is 62.4 Å². The maximum absolute atomic E-state index is 13.1. The Morgan fingerprint density at radius 2 is 0.983 bits per heavy atom. The van der Waals surface area contributed by atoms with Crippen molar-refractivity contribution >= 4 is 110 Å². The summed E-state index contributed by atoms with van der Waals surface area (Å²) < 4.78 is 48.6. The summed E-state index contributed by atoms with van der Waals surface area (Å²) in [5.74, 6) is -0.170. The number of anilines is 2. The first kappa shape index (κ1) is 47.4. The van der Waals surface area contributed by atoms with Gasteiger partial charge in [0.1, 0.15) is 20.8 Å². The van der Waals surface area contributed by atoms with Crippen molar-refractivity contribution in [3.05, 3.63) is 91.6 Å². The number of carbonyl (C=O) groups is 4. The zero-order valence-electron chi connectivity index (χ0n) is 32.5. The van der Waals surface area contributed by atoms with Gasteiger partial charge in [-0.15, -0.1) is 0 Å². The molecule has 2 aliphatic carbocycles. The second-order valence-electron chi connectivity index (χ2n) is 14.9. The van der Waals surface area contributed by atoms with E-state index >= 15 is 0 Å². The number of halogens is 4. The average Bonchev–Trinajstić information content (AvgIpc) is 3.18. The van der Waals surface area contributed by atoms with Crippen LogP contribution in [0.2, 0.25) is 10.0 Å². The highest BCUT2D eigenvalue weighted by molar-refractivity contribution is 9.10. The van der Waals surface area contributed by atoms with Crippen LogP contribution >= 0.6 is 55.1 Å². The second kappa shape index (κ2) is 20.9. The highest BCUT2D eigenvalue weighted by Crippen LogP contribution is 2.37. The van der Waals surface area contributed by atoms with Gasteiger partial charge < -0.3 is 10.6 Å². The number of aromatic nitrogens is 4. The summed E-state index contributed by atoms with van der Waals surface area (Å²) >= 11 is 18.8. The molecule has 2 heterocycles. The summed E-state index contributed by atoms with van der Waals surface area (Å²) in [4.78, 5) is 65.8. The van der Waals surface area contributed by atoms with Crippen molar-refractivity contribution in [1.82, 2.24) is 19.9 Å². The van der Waals surface area contributed by atoms with Crippen molar-refractivity contribution in [2.75, 3.05) is 23.1 Å². The van der Waals surface area contributed by atoms with Crippen LogP contribution in [0, 0.1) is 11.8 Å². The lowest BCUT2D eigenvalue weighted by molar-refractivity contribution is -0.122. The third-order valence-corrected chi connectivity index (χ3v) is 14.3. The van der Waals surface area contributed by atoms with Crippen LogP contribution in [0.25, 0.3) is 0 Å². The van der Waals surface area contributed by atoms with Crippen molar-refractivity contribution in [3.63, 3.8) is 0 Å². The third-order valence-electron chi connectivity index (χ3n) is 10.4. The molecule has 0 spiro atoms. The molecule has 2 atom stereocenters. The van der Waals surface area contributed by atoms with E-state index in [4.69, 9.17) is 23.2 Å². The molecule has 0 bridgehead atoms. The van der Waals surface area contributed by atoms with Crippen LogP contribution in [0.1, 0.15) is 87.2 Å². The lowest BCUT2D eigenvalue weighted by atomic mass is 9.80. The molecule has 2 saturated carbocycles. The fraction of sp³-hybridized carbons (Fsp3) is 0.400. The Balaban J connectivity index is 0.000000228. The number of sulfone groups is 2. The molecular formula is C40H42Br2Cl2N6O8S2. The summed E-state index contributed by atoms with van der Waals surface area (Å²) in [5.41, 5.74) is 1.23. The highest BCUT2D eigenvalue weighted by Gasteiger charge is 2.31.